The van der Waals surface area contributed by atoms with Crippen LogP contribution in [0.4, 0.5) is 19.0 Å². The molecule has 0 radical (unpaired) electrons. The zero-order chi connectivity index (χ0) is 25.6. The number of anilines is 1. The molecule has 1 N–H and O–H groups in total. The predicted molar refractivity (Wildman–Crippen MR) is 129 cm³/mol. The highest BCUT2D eigenvalue weighted by Gasteiger charge is 2.52. The van der Waals surface area contributed by atoms with Crippen LogP contribution in [-0.4, -0.2) is 81.6 Å². The number of hydrogen-bond acceptors (Lipinski definition) is 8. The van der Waals surface area contributed by atoms with Crippen LogP contribution in [0.1, 0.15) is 26.2 Å². The maximum atomic E-state index is 13.2. The predicted octanol–water partition coefficient (Wildman–Crippen LogP) is 3.70. The molecule has 2 aliphatic heterocycles. The van der Waals surface area contributed by atoms with Gasteiger partial charge in [-0.1, -0.05) is 0 Å². The Hall–Kier alpha value is -3.05. The van der Waals surface area contributed by atoms with Gasteiger partial charge >= 0.3 is 6.18 Å². The number of likely N-dealkylation sites (tertiary alicyclic amines) is 1. The number of alkyl halides is 3. The van der Waals surface area contributed by atoms with Crippen LogP contribution in [0.15, 0.2) is 36.9 Å². The number of fused-ring (bicyclic) bond motifs is 1. The fraction of sp³-hybridized carbons (Fsp3) is 0.520. The molecule has 3 aromatic rings. The number of nitrogens with zero attached hydrogens (tertiary/aromatic N) is 6. The van der Waals surface area contributed by atoms with Crippen LogP contribution in [0.25, 0.3) is 22.3 Å². The molecular weight excluding hydrogens is 473 g/mol. The summed E-state index contributed by atoms with van der Waals surface area (Å²) in [6.45, 7) is 2.96. The second kappa shape index (κ2) is 9.11. The van der Waals surface area contributed by atoms with Crippen molar-refractivity contribution in [2.75, 3.05) is 44.7 Å². The van der Waals surface area contributed by atoms with Crippen LogP contribution in [0, 0.1) is 5.41 Å². The SMILES string of the molecule is COc1cncc2nc(-c3ccncc3)nc(N3CCC4(CCN(CC(C)(O)C(F)(F)F)C4)CC3)c12. The number of rotatable bonds is 5. The van der Waals surface area contributed by atoms with Gasteiger partial charge in [-0.25, -0.2) is 9.97 Å². The van der Waals surface area contributed by atoms with Crippen molar-refractivity contribution in [1.82, 2.24) is 24.8 Å². The van der Waals surface area contributed by atoms with Crippen molar-refractivity contribution in [2.24, 2.45) is 5.41 Å². The number of ether oxygens (including phenoxy) is 1. The first-order chi connectivity index (χ1) is 17.1. The van der Waals surface area contributed by atoms with E-state index in [9.17, 15) is 18.3 Å². The molecule has 36 heavy (non-hydrogen) atoms. The van der Waals surface area contributed by atoms with Crippen molar-refractivity contribution in [3.05, 3.63) is 36.9 Å². The minimum Gasteiger partial charge on any atom is -0.494 e. The van der Waals surface area contributed by atoms with E-state index < -0.39 is 18.3 Å². The fourth-order valence-corrected chi connectivity index (χ4v) is 5.34. The molecule has 2 fully saturated rings. The Morgan fingerprint density at radius 2 is 1.72 bits per heavy atom. The molecule has 1 spiro atoms. The van der Waals surface area contributed by atoms with Crippen molar-refractivity contribution in [1.29, 1.82) is 0 Å². The summed E-state index contributed by atoms with van der Waals surface area (Å²) >= 11 is 0. The van der Waals surface area contributed by atoms with Gasteiger partial charge in [0.1, 0.15) is 11.6 Å². The molecule has 5 rings (SSSR count). The monoisotopic (exact) mass is 502 g/mol. The molecule has 0 saturated carbocycles. The molecule has 1 atom stereocenters. The summed E-state index contributed by atoms with van der Waals surface area (Å²) in [5.41, 5.74) is -1.27. The van der Waals surface area contributed by atoms with Gasteiger partial charge in [0, 0.05) is 44.1 Å². The van der Waals surface area contributed by atoms with Crippen LogP contribution in [-0.2, 0) is 0 Å². The Kier molecular flexibility index (Phi) is 6.24. The molecule has 0 aliphatic carbocycles. The third kappa shape index (κ3) is 4.57. The highest BCUT2D eigenvalue weighted by molar-refractivity contribution is 5.95. The minimum atomic E-state index is -4.65. The van der Waals surface area contributed by atoms with Gasteiger partial charge in [-0.2, -0.15) is 13.2 Å². The van der Waals surface area contributed by atoms with Gasteiger partial charge in [-0.05, 0) is 50.3 Å². The van der Waals surface area contributed by atoms with Crippen LogP contribution >= 0.6 is 0 Å². The minimum absolute atomic E-state index is 0.0689. The largest absolute Gasteiger partial charge is 0.494 e. The van der Waals surface area contributed by atoms with Gasteiger partial charge < -0.3 is 14.7 Å². The van der Waals surface area contributed by atoms with Gasteiger partial charge in [-0.3, -0.25) is 14.9 Å². The van der Waals surface area contributed by atoms with Crippen molar-refractivity contribution in [2.45, 2.75) is 38.0 Å². The zero-order valence-electron chi connectivity index (χ0n) is 20.3. The third-order valence-corrected chi connectivity index (χ3v) is 7.49. The first-order valence-electron chi connectivity index (χ1n) is 12.0. The van der Waals surface area contributed by atoms with Crippen LogP contribution in [0.5, 0.6) is 5.75 Å². The number of aromatic nitrogens is 4. The third-order valence-electron chi connectivity index (χ3n) is 7.49. The van der Waals surface area contributed by atoms with E-state index in [1.54, 1.807) is 36.8 Å². The van der Waals surface area contributed by atoms with E-state index in [1.807, 2.05) is 12.1 Å². The van der Waals surface area contributed by atoms with Gasteiger partial charge in [0.15, 0.2) is 11.4 Å². The summed E-state index contributed by atoms with van der Waals surface area (Å²) in [4.78, 5) is 21.9. The second-order valence-corrected chi connectivity index (χ2v) is 10.1. The number of halogens is 3. The second-order valence-electron chi connectivity index (χ2n) is 10.1. The van der Waals surface area contributed by atoms with Crippen molar-refractivity contribution in [3.63, 3.8) is 0 Å². The number of β-amino-alcohol motifs (C(OH)–C–C–N with tert-alkyl or cyclic N) is 1. The Labute approximate surface area is 207 Å². The summed E-state index contributed by atoms with van der Waals surface area (Å²) in [7, 11) is 1.59. The summed E-state index contributed by atoms with van der Waals surface area (Å²) in [5.74, 6) is 1.91. The van der Waals surface area contributed by atoms with E-state index in [0.717, 1.165) is 43.0 Å². The van der Waals surface area contributed by atoms with E-state index >= 15 is 0 Å². The molecule has 8 nitrogen and oxygen atoms in total. The zero-order valence-corrected chi connectivity index (χ0v) is 20.3. The molecule has 0 aromatic carbocycles. The standard InChI is InChI=1S/C25H29F3N6O2/c1-23(35,25(26,27)28)15-33-10-5-24(16-33)6-11-34(12-7-24)22-20-18(13-30-14-19(20)36-2)31-21(32-22)17-3-8-29-9-4-17/h3-4,8-9,13-14,35H,5-7,10-12,15-16H2,1-2H3. The van der Waals surface area contributed by atoms with Crippen LogP contribution in [0.3, 0.4) is 0 Å². The van der Waals surface area contributed by atoms with Crippen molar-refractivity contribution >= 4 is 16.7 Å². The normalized spacial score (nSPS) is 20.1. The molecular formula is C25H29F3N6O2. The quantitative estimate of drug-likeness (QED) is 0.565. The maximum absolute atomic E-state index is 13.2. The average molecular weight is 503 g/mol. The molecule has 0 amide bonds. The number of hydrogen-bond donors (Lipinski definition) is 1. The topological polar surface area (TPSA) is 87.5 Å². The molecule has 1 unspecified atom stereocenters. The van der Waals surface area contributed by atoms with Crippen molar-refractivity contribution in [3.8, 4) is 17.1 Å². The van der Waals surface area contributed by atoms with E-state index in [0.29, 0.717) is 43.3 Å². The smallest absolute Gasteiger partial charge is 0.418 e. The van der Waals surface area contributed by atoms with Crippen LogP contribution in [0.2, 0.25) is 0 Å². The molecule has 3 aromatic heterocycles. The number of pyridine rings is 2. The lowest BCUT2D eigenvalue weighted by Crippen LogP contribution is -2.51. The van der Waals surface area contributed by atoms with E-state index in [2.05, 4.69) is 14.9 Å². The first-order valence-corrected chi connectivity index (χ1v) is 12.0. The van der Waals surface area contributed by atoms with Crippen LogP contribution < -0.4 is 9.64 Å². The fourth-order valence-electron chi connectivity index (χ4n) is 5.34. The van der Waals surface area contributed by atoms with E-state index in [4.69, 9.17) is 14.7 Å². The maximum Gasteiger partial charge on any atom is 0.418 e. The number of methoxy groups -OCH3 is 1. The molecule has 192 valence electrons. The van der Waals surface area contributed by atoms with Crippen molar-refractivity contribution < 1.29 is 23.0 Å². The van der Waals surface area contributed by atoms with Gasteiger partial charge in [0.25, 0.3) is 0 Å². The highest BCUT2D eigenvalue weighted by Crippen LogP contribution is 2.44. The van der Waals surface area contributed by atoms with Gasteiger partial charge in [-0.15, -0.1) is 0 Å². The summed E-state index contributed by atoms with van der Waals surface area (Å²) in [6.07, 6.45) is 4.53. The Morgan fingerprint density at radius 1 is 1.03 bits per heavy atom. The Morgan fingerprint density at radius 3 is 2.39 bits per heavy atom. The van der Waals surface area contributed by atoms with E-state index in [-0.39, 0.29) is 5.41 Å². The average Bonchev–Trinajstić information content (AvgIpc) is 3.24. The lowest BCUT2D eigenvalue weighted by Gasteiger charge is -2.40. The highest BCUT2D eigenvalue weighted by atomic mass is 19.4. The lowest BCUT2D eigenvalue weighted by molar-refractivity contribution is -0.257. The molecule has 0 bridgehead atoms. The molecule has 11 heteroatoms. The number of aliphatic hydroxyl groups is 1. The van der Waals surface area contributed by atoms with Gasteiger partial charge in [0.05, 0.1) is 30.4 Å². The molecule has 2 saturated heterocycles. The molecule has 2 aliphatic rings. The first kappa shape index (κ1) is 24.6. The Bertz CT molecular complexity index is 1230. The Balaban J connectivity index is 1.39. The van der Waals surface area contributed by atoms with E-state index in [1.165, 1.54) is 0 Å². The summed E-state index contributed by atoms with van der Waals surface area (Å²) in [6, 6.07) is 3.71. The van der Waals surface area contributed by atoms with Gasteiger partial charge in [0.2, 0.25) is 0 Å². The number of piperidine rings is 1. The molecule has 5 heterocycles. The lowest BCUT2D eigenvalue weighted by atomic mass is 9.77. The summed E-state index contributed by atoms with van der Waals surface area (Å²) < 4.78 is 45.2. The summed E-state index contributed by atoms with van der Waals surface area (Å²) in [5, 5.41) is 10.7.